The van der Waals surface area contributed by atoms with Crippen molar-refractivity contribution in [2.75, 3.05) is 11.4 Å². The van der Waals surface area contributed by atoms with Crippen LogP contribution in [0.1, 0.15) is 104 Å². The Hall–Kier alpha value is -3.42. The summed E-state index contributed by atoms with van der Waals surface area (Å²) in [5.41, 5.74) is 1.62. The summed E-state index contributed by atoms with van der Waals surface area (Å²) < 4.78 is 5.79. The summed E-state index contributed by atoms with van der Waals surface area (Å²) in [6, 6.07) is 9.99. The summed E-state index contributed by atoms with van der Waals surface area (Å²) in [4.78, 5) is 50.4. The molecule has 3 amide bonds. The minimum atomic E-state index is -0.941. The van der Waals surface area contributed by atoms with Gasteiger partial charge in [-0.15, -0.1) is 0 Å². The highest BCUT2D eigenvalue weighted by atomic mass is 16.6. The van der Waals surface area contributed by atoms with Gasteiger partial charge in [0.2, 0.25) is 5.91 Å². The van der Waals surface area contributed by atoms with Gasteiger partial charge in [-0.2, -0.15) is 0 Å². The van der Waals surface area contributed by atoms with Crippen LogP contribution >= 0.6 is 0 Å². The van der Waals surface area contributed by atoms with Gasteiger partial charge in [0.25, 0.3) is 5.91 Å². The lowest BCUT2D eigenvalue weighted by atomic mass is 9.72. The zero-order chi connectivity index (χ0) is 30.9. The average molecular weight is 589 g/mol. The van der Waals surface area contributed by atoms with Crippen LogP contribution in [0.15, 0.2) is 48.8 Å². The first-order valence-electron chi connectivity index (χ1n) is 16.0. The average Bonchev–Trinajstić information content (AvgIpc) is 3.20. The Kier molecular flexibility index (Phi) is 8.87. The maximum Gasteiger partial charge on any atom is 0.410 e. The van der Waals surface area contributed by atoms with E-state index in [-0.39, 0.29) is 35.1 Å². The number of nitrogens with zero attached hydrogens (tertiary/aromatic N) is 3. The molecule has 1 aromatic heterocycles. The molecule has 0 radical (unpaired) electrons. The number of carbonyl (C=O) groups excluding carboxylic acids is 3. The van der Waals surface area contributed by atoms with E-state index < -0.39 is 23.8 Å². The molecule has 5 rings (SSSR count). The monoisotopic (exact) mass is 588 g/mol. The Labute approximate surface area is 256 Å². The number of carbonyl (C=O) groups is 3. The Morgan fingerprint density at radius 1 is 0.953 bits per heavy atom. The van der Waals surface area contributed by atoms with Crippen LogP contribution in [0.4, 0.5) is 10.5 Å². The molecule has 1 N–H and O–H groups in total. The molecule has 2 heterocycles. The van der Waals surface area contributed by atoms with E-state index in [1.54, 1.807) is 28.3 Å². The van der Waals surface area contributed by atoms with Crippen LogP contribution in [0.5, 0.6) is 0 Å². The molecule has 4 atom stereocenters. The molecule has 3 aliphatic rings. The first-order valence-corrected chi connectivity index (χ1v) is 16.0. The van der Waals surface area contributed by atoms with Crippen molar-refractivity contribution in [2.45, 2.75) is 116 Å². The normalized spacial score (nSPS) is 23.1. The first-order chi connectivity index (χ1) is 20.3. The minimum absolute atomic E-state index is 0.0346. The summed E-state index contributed by atoms with van der Waals surface area (Å²) in [6.07, 6.45) is 9.89. The molecule has 3 fully saturated rings. The fourth-order valence-electron chi connectivity index (χ4n) is 6.81. The Morgan fingerprint density at radius 2 is 1.65 bits per heavy atom. The second-order valence-electron chi connectivity index (χ2n) is 14.6. The third-order valence-electron chi connectivity index (χ3n) is 9.24. The Balaban J connectivity index is 1.58. The number of aromatic nitrogens is 1. The Morgan fingerprint density at radius 3 is 2.21 bits per heavy atom. The third kappa shape index (κ3) is 6.89. The van der Waals surface area contributed by atoms with Crippen LogP contribution in [0.2, 0.25) is 0 Å². The van der Waals surface area contributed by atoms with Gasteiger partial charge in [-0.05, 0) is 87.5 Å². The van der Waals surface area contributed by atoms with Gasteiger partial charge < -0.3 is 10.1 Å². The van der Waals surface area contributed by atoms with Crippen LogP contribution in [0.3, 0.4) is 0 Å². The smallest absolute Gasteiger partial charge is 0.410 e. The van der Waals surface area contributed by atoms with Gasteiger partial charge >= 0.3 is 6.09 Å². The molecule has 0 bridgehead atoms. The van der Waals surface area contributed by atoms with Crippen molar-refractivity contribution in [1.29, 1.82) is 0 Å². The number of hydrogen-bond donors (Lipinski definition) is 1. The lowest BCUT2D eigenvalue weighted by Crippen LogP contribution is -2.55. The van der Waals surface area contributed by atoms with E-state index in [0.717, 1.165) is 44.1 Å². The van der Waals surface area contributed by atoms with Gasteiger partial charge in [-0.1, -0.05) is 58.2 Å². The molecular weight excluding hydrogens is 540 g/mol. The SMILES string of the molecule is CC(C)(C)OC(=O)N1C[C@@H]2CC[C@@H]2[C@@H]1C(=O)N(c1ccc(C(C)(C)C)cc1)C(C(=O)NC1CCCCC1)c1cccnc1. The lowest BCUT2D eigenvalue weighted by Gasteiger charge is -2.39. The predicted molar refractivity (Wildman–Crippen MR) is 168 cm³/mol. The quantitative estimate of drug-likeness (QED) is 0.413. The van der Waals surface area contributed by atoms with Crippen molar-refractivity contribution < 1.29 is 19.1 Å². The number of benzene rings is 1. The fourth-order valence-corrected chi connectivity index (χ4v) is 6.81. The van der Waals surface area contributed by atoms with E-state index in [1.807, 2.05) is 51.1 Å². The number of hydrogen-bond acceptors (Lipinski definition) is 5. The van der Waals surface area contributed by atoms with Crippen molar-refractivity contribution in [3.63, 3.8) is 0 Å². The molecule has 0 spiro atoms. The van der Waals surface area contributed by atoms with Crippen molar-refractivity contribution in [3.05, 3.63) is 59.9 Å². The summed E-state index contributed by atoms with van der Waals surface area (Å²) in [6.45, 7) is 12.4. The van der Waals surface area contributed by atoms with E-state index in [1.165, 1.54) is 6.42 Å². The molecule has 1 unspecified atom stereocenters. The van der Waals surface area contributed by atoms with Crippen LogP contribution in [0, 0.1) is 11.8 Å². The number of anilines is 1. The van der Waals surface area contributed by atoms with Gasteiger partial charge in [-0.3, -0.25) is 24.4 Å². The van der Waals surface area contributed by atoms with Crippen molar-refractivity contribution >= 4 is 23.6 Å². The van der Waals surface area contributed by atoms with E-state index in [9.17, 15) is 14.4 Å². The molecule has 8 heteroatoms. The van der Waals surface area contributed by atoms with Crippen LogP contribution in [0.25, 0.3) is 0 Å². The molecular formula is C35H48N4O4. The van der Waals surface area contributed by atoms with Crippen LogP contribution in [-0.4, -0.2) is 52.0 Å². The summed E-state index contributed by atoms with van der Waals surface area (Å²) in [5, 5.41) is 3.28. The van der Waals surface area contributed by atoms with Crippen LogP contribution in [-0.2, 0) is 19.7 Å². The summed E-state index contributed by atoms with van der Waals surface area (Å²) in [5.74, 6) is -0.193. The molecule has 1 aromatic carbocycles. The highest BCUT2D eigenvalue weighted by Crippen LogP contribution is 2.47. The van der Waals surface area contributed by atoms with Gasteiger partial charge in [0.1, 0.15) is 17.7 Å². The van der Waals surface area contributed by atoms with Crippen molar-refractivity contribution in [1.82, 2.24) is 15.2 Å². The maximum atomic E-state index is 15.0. The molecule has 1 saturated heterocycles. The maximum absolute atomic E-state index is 15.0. The van der Waals surface area contributed by atoms with Gasteiger partial charge in [0, 0.05) is 36.2 Å². The lowest BCUT2D eigenvalue weighted by molar-refractivity contribution is -0.130. The van der Waals surface area contributed by atoms with Gasteiger partial charge in [0.15, 0.2) is 0 Å². The molecule has 232 valence electrons. The molecule has 2 saturated carbocycles. The zero-order valence-corrected chi connectivity index (χ0v) is 26.6. The standard InChI is InChI=1S/C35H48N4O4/c1-34(2,3)25-15-17-27(18-16-25)39(29(23-11-10-20-36-21-23)31(40)37-26-12-8-7-9-13-26)32(41)30-28-19-14-24(28)22-38(30)33(42)43-35(4,5)6/h10-11,15-18,20-21,24,26,28-30H,7-9,12-14,19,22H2,1-6H3,(H,37,40)/t24-,28-,29?,30+/m0/s1. The van der Waals surface area contributed by atoms with Gasteiger partial charge in [-0.25, -0.2) is 4.79 Å². The summed E-state index contributed by atoms with van der Waals surface area (Å²) >= 11 is 0. The number of ether oxygens (including phenoxy) is 1. The molecule has 43 heavy (non-hydrogen) atoms. The Bertz CT molecular complexity index is 1290. The number of pyridine rings is 1. The predicted octanol–water partition coefficient (Wildman–Crippen LogP) is 6.55. The van der Waals surface area contributed by atoms with Crippen molar-refractivity contribution in [2.24, 2.45) is 11.8 Å². The van der Waals surface area contributed by atoms with Gasteiger partial charge in [0.05, 0.1) is 0 Å². The fraction of sp³-hybridized carbons (Fsp3) is 0.600. The number of amides is 3. The molecule has 2 aliphatic carbocycles. The molecule has 8 nitrogen and oxygen atoms in total. The number of rotatable bonds is 6. The molecule has 1 aliphatic heterocycles. The van der Waals surface area contributed by atoms with Crippen molar-refractivity contribution in [3.8, 4) is 0 Å². The zero-order valence-electron chi connectivity index (χ0n) is 26.6. The number of fused-ring (bicyclic) bond motifs is 1. The second-order valence-corrected chi connectivity index (χ2v) is 14.6. The van der Waals surface area contributed by atoms with E-state index in [2.05, 4.69) is 31.1 Å². The van der Waals surface area contributed by atoms with E-state index in [4.69, 9.17) is 4.74 Å². The summed E-state index contributed by atoms with van der Waals surface area (Å²) in [7, 11) is 0. The number of nitrogens with one attached hydrogen (secondary N) is 1. The number of likely N-dealkylation sites (tertiary alicyclic amines) is 1. The largest absolute Gasteiger partial charge is 0.444 e. The minimum Gasteiger partial charge on any atom is -0.444 e. The van der Waals surface area contributed by atoms with Crippen LogP contribution < -0.4 is 10.2 Å². The first kappa shape index (κ1) is 31.0. The topological polar surface area (TPSA) is 91.8 Å². The molecule has 2 aromatic rings. The third-order valence-corrected chi connectivity index (χ3v) is 9.24. The highest BCUT2D eigenvalue weighted by Gasteiger charge is 2.55. The van der Waals surface area contributed by atoms with E-state index in [0.29, 0.717) is 17.8 Å². The highest BCUT2D eigenvalue weighted by molar-refractivity contribution is 6.05. The second kappa shape index (κ2) is 12.3. The van der Waals surface area contributed by atoms with E-state index >= 15 is 0 Å².